The van der Waals surface area contributed by atoms with E-state index in [0.29, 0.717) is 45.0 Å². The molecule has 0 aliphatic carbocycles. The van der Waals surface area contributed by atoms with E-state index in [1.165, 1.54) is 21.9 Å². The number of rotatable bonds is 5. The maximum Gasteiger partial charge on any atom is 0.257 e. The SMILES string of the molecule is CCOc1cccc(C(=O)Nc2nn3c(-c4ccc(C)c(F)c4)nnc3s2)c1. The molecule has 0 radical (unpaired) electrons. The average molecular weight is 397 g/mol. The van der Waals surface area contributed by atoms with Gasteiger partial charge in [-0.2, -0.15) is 4.52 Å². The summed E-state index contributed by atoms with van der Waals surface area (Å²) in [7, 11) is 0. The molecule has 0 aliphatic rings. The maximum atomic E-state index is 13.9. The van der Waals surface area contributed by atoms with Gasteiger partial charge in [-0.3, -0.25) is 10.1 Å². The van der Waals surface area contributed by atoms with E-state index in [1.807, 2.05) is 6.92 Å². The van der Waals surface area contributed by atoms with Crippen molar-refractivity contribution >= 4 is 27.3 Å². The van der Waals surface area contributed by atoms with E-state index in [0.717, 1.165) is 0 Å². The lowest BCUT2D eigenvalue weighted by molar-refractivity contribution is 0.102. The molecule has 2 aromatic heterocycles. The van der Waals surface area contributed by atoms with Crippen LogP contribution in [-0.4, -0.2) is 32.3 Å². The topological polar surface area (TPSA) is 81.4 Å². The number of carbonyl (C=O) groups excluding carboxylic acids is 1. The number of nitrogens with one attached hydrogen (secondary N) is 1. The van der Waals surface area contributed by atoms with Crippen LogP contribution >= 0.6 is 11.3 Å². The Morgan fingerprint density at radius 2 is 2.11 bits per heavy atom. The number of ether oxygens (including phenoxy) is 1. The minimum atomic E-state index is -0.327. The minimum Gasteiger partial charge on any atom is -0.494 e. The summed E-state index contributed by atoms with van der Waals surface area (Å²) in [5, 5.41) is 15.6. The summed E-state index contributed by atoms with van der Waals surface area (Å²) >= 11 is 1.18. The Balaban J connectivity index is 1.60. The second-order valence-electron chi connectivity index (χ2n) is 6.00. The largest absolute Gasteiger partial charge is 0.494 e. The van der Waals surface area contributed by atoms with Crippen molar-refractivity contribution in [3.05, 3.63) is 59.4 Å². The third-order valence-corrected chi connectivity index (χ3v) is 4.86. The van der Waals surface area contributed by atoms with Gasteiger partial charge in [0.1, 0.15) is 11.6 Å². The van der Waals surface area contributed by atoms with Crippen molar-refractivity contribution < 1.29 is 13.9 Å². The third kappa shape index (κ3) is 3.44. The van der Waals surface area contributed by atoms with Gasteiger partial charge in [0.2, 0.25) is 10.1 Å². The number of hydrogen-bond acceptors (Lipinski definition) is 6. The van der Waals surface area contributed by atoms with Crippen molar-refractivity contribution in [2.45, 2.75) is 13.8 Å². The molecule has 1 amide bonds. The Labute approximate surface area is 163 Å². The molecule has 0 unspecified atom stereocenters. The van der Waals surface area contributed by atoms with Gasteiger partial charge in [-0.1, -0.05) is 29.5 Å². The molecule has 0 saturated carbocycles. The molecule has 4 rings (SSSR count). The first-order valence-electron chi connectivity index (χ1n) is 8.58. The number of aryl methyl sites for hydroxylation is 1. The summed E-state index contributed by atoms with van der Waals surface area (Å²) < 4.78 is 20.8. The Hall–Kier alpha value is -3.33. The zero-order valence-corrected chi connectivity index (χ0v) is 16.0. The van der Waals surface area contributed by atoms with Crippen LogP contribution in [0.4, 0.5) is 9.52 Å². The molecular formula is C19H16FN5O2S. The average Bonchev–Trinajstić information content (AvgIpc) is 3.25. The number of aromatic nitrogens is 4. The fourth-order valence-corrected chi connectivity index (χ4v) is 3.38. The fraction of sp³-hybridized carbons (Fsp3) is 0.158. The summed E-state index contributed by atoms with van der Waals surface area (Å²) in [6.07, 6.45) is 0. The molecule has 2 heterocycles. The van der Waals surface area contributed by atoms with Gasteiger partial charge in [0, 0.05) is 11.1 Å². The van der Waals surface area contributed by atoms with Gasteiger partial charge in [-0.15, -0.1) is 15.3 Å². The van der Waals surface area contributed by atoms with E-state index < -0.39 is 0 Å². The van der Waals surface area contributed by atoms with E-state index in [-0.39, 0.29) is 11.7 Å². The van der Waals surface area contributed by atoms with Crippen LogP contribution < -0.4 is 10.1 Å². The minimum absolute atomic E-state index is 0.311. The Morgan fingerprint density at radius 1 is 1.25 bits per heavy atom. The van der Waals surface area contributed by atoms with Gasteiger partial charge in [-0.05, 0) is 43.7 Å². The lowest BCUT2D eigenvalue weighted by Crippen LogP contribution is -2.12. The van der Waals surface area contributed by atoms with Crippen LogP contribution in [0.2, 0.25) is 0 Å². The van der Waals surface area contributed by atoms with Crippen LogP contribution in [0.3, 0.4) is 0 Å². The number of anilines is 1. The number of hydrogen-bond donors (Lipinski definition) is 1. The standard InChI is InChI=1S/C19H16FN5O2S/c1-3-27-14-6-4-5-13(9-14)17(26)21-18-24-25-16(22-23-19(25)28-18)12-8-7-11(2)15(20)10-12/h4-10H,3H2,1-2H3,(H,21,24,26). The first-order valence-corrected chi connectivity index (χ1v) is 9.40. The molecule has 4 aromatic rings. The second-order valence-corrected chi connectivity index (χ2v) is 6.96. The smallest absolute Gasteiger partial charge is 0.257 e. The Kier molecular flexibility index (Phi) is 4.74. The Bertz CT molecular complexity index is 1170. The second kappa shape index (κ2) is 7.35. The molecule has 7 nitrogen and oxygen atoms in total. The third-order valence-electron chi connectivity index (χ3n) is 4.05. The van der Waals surface area contributed by atoms with Crippen molar-refractivity contribution in [2.24, 2.45) is 0 Å². The van der Waals surface area contributed by atoms with E-state index in [9.17, 15) is 9.18 Å². The van der Waals surface area contributed by atoms with Gasteiger partial charge in [0.15, 0.2) is 5.82 Å². The molecule has 0 saturated heterocycles. The van der Waals surface area contributed by atoms with E-state index in [2.05, 4.69) is 20.6 Å². The van der Waals surface area contributed by atoms with Crippen LogP contribution in [0.1, 0.15) is 22.8 Å². The van der Waals surface area contributed by atoms with Crippen LogP contribution in [0.15, 0.2) is 42.5 Å². The number of amides is 1. The van der Waals surface area contributed by atoms with Crippen molar-refractivity contribution in [2.75, 3.05) is 11.9 Å². The van der Waals surface area contributed by atoms with Crippen molar-refractivity contribution in [1.82, 2.24) is 19.8 Å². The predicted octanol–water partition coefficient (Wildman–Crippen LogP) is 3.95. The van der Waals surface area contributed by atoms with E-state index in [4.69, 9.17) is 4.74 Å². The molecule has 9 heteroatoms. The summed E-state index contributed by atoms with van der Waals surface area (Å²) in [6.45, 7) is 4.09. The molecule has 0 fully saturated rings. The van der Waals surface area contributed by atoms with Gasteiger partial charge in [0.05, 0.1) is 6.61 Å². The van der Waals surface area contributed by atoms with E-state index >= 15 is 0 Å². The number of halogens is 1. The normalized spacial score (nSPS) is 11.0. The lowest BCUT2D eigenvalue weighted by Gasteiger charge is -2.05. The van der Waals surface area contributed by atoms with Crippen LogP contribution in [0, 0.1) is 12.7 Å². The summed E-state index contributed by atoms with van der Waals surface area (Å²) in [5.74, 6) is 0.391. The molecular weight excluding hydrogens is 381 g/mol. The molecule has 0 bridgehead atoms. The highest BCUT2D eigenvalue weighted by molar-refractivity contribution is 7.20. The molecule has 2 aromatic carbocycles. The molecule has 1 N–H and O–H groups in total. The lowest BCUT2D eigenvalue weighted by atomic mass is 10.1. The van der Waals surface area contributed by atoms with Crippen molar-refractivity contribution in [3.8, 4) is 17.1 Å². The van der Waals surface area contributed by atoms with Crippen LogP contribution in [-0.2, 0) is 0 Å². The molecule has 142 valence electrons. The number of carbonyl (C=O) groups is 1. The van der Waals surface area contributed by atoms with Crippen molar-refractivity contribution in [1.29, 1.82) is 0 Å². The predicted molar refractivity (Wildman–Crippen MR) is 104 cm³/mol. The molecule has 28 heavy (non-hydrogen) atoms. The van der Waals surface area contributed by atoms with Crippen LogP contribution in [0.25, 0.3) is 16.3 Å². The highest BCUT2D eigenvalue weighted by atomic mass is 32.1. The number of fused-ring (bicyclic) bond motifs is 1. The molecule has 0 spiro atoms. The number of nitrogens with zero attached hydrogens (tertiary/aromatic N) is 4. The highest BCUT2D eigenvalue weighted by Crippen LogP contribution is 2.26. The van der Waals surface area contributed by atoms with Gasteiger partial charge in [0.25, 0.3) is 5.91 Å². The highest BCUT2D eigenvalue weighted by Gasteiger charge is 2.16. The maximum absolute atomic E-state index is 13.9. The zero-order chi connectivity index (χ0) is 19.7. The van der Waals surface area contributed by atoms with Gasteiger partial charge in [-0.25, -0.2) is 4.39 Å². The zero-order valence-electron chi connectivity index (χ0n) is 15.1. The summed E-state index contributed by atoms with van der Waals surface area (Å²) in [6, 6.07) is 11.7. The first-order chi connectivity index (χ1) is 13.5. The first kappa shape index (κ1) is 18.1. The summed E-state index contributed by atoms with van der Waals surface area (Å²) in [4.78, 5) is 13.0. The van der Waals surface area contributed by atoms with Crippen LogP contribution in [0.5, 0.6) is 5.75 Å². The number of benzene rings is 2. The van der Waals surface area contributed by atoms with Gasteiger partial charge >= 0.3 is 0 Å². The summed E-state index contributed by atoms with van der Waals surface area (Å²) in [5.41, 5.74) is 1.56. The fourth-order valence-electron chi connectivity index (χ4n) is 2.64. The van der Waals surface area contributed by atoms with Gasteiger partial charge < -0.3 is 4.74 Å². The molecule has 0 atom stereocenters. The van der Waals surface area contributed by atoms with E-state index in [1.54, 1.807) is 43.3 Å². The Morgan fingerprint density at radius 3 is 2.89 bits per heavy atom. The van der Waals surface area contributed by atoms with Crippen molar-refractivity contribution in [3.63, 3.8) is 0 Å². The monoisotopic (exact) mass is 397 g/mol. The molecule has 0 aliphatic heterocycles. The quantitative estimate of drug-likeness (QED) is 0.551.